The largest absolute Gasteiger partial charge is 0.494 e. The third kappa shape index (κ3) is 7.77. The highest BCUT2D eigenvalue weighted by atomic mass is 35.5. The summed E-state index contributed by atoms with van der Waals surface area (Å²) in [6.07, 6.45) is 6.75. The fourth-order valence-corrected chi connectivity index (χ4v) is 13.8. The molecule has 1 aliphatic carbocycles. The van der Waals surface area contributed by atoms with Gasteiger partial charge >= 0.3 is 0 Å². The molecule has 69 heavy (non-hydrogen) atoms. The van der Waals surface area contributed by atoms with Crippen molar-refractivity contribution in [1.82, 2.24) is 20.4 Å². The molecule has 2 spiro atoms. The third-order valence-electron chi connectivity index (χ3n) is 16.7. The number of fused-ring (bicyclic) bond motifs is 3. The predicted molar refractivity (Wildman–Crippen MR) is 266 cm³/mol. The van der Waals surface area contributed by atoms with E-state index < -0.39 is 35.1 Å². The maximum Gasteiger partial charge on any atom is 0.255 e. The lowest BCUT2D eigenvalue weighted by atomic mass is 9.63. The van der Waals surface area contributed by atoms with Crippen molar-refractivity contribution in [2.45, 2.75) is 126 Å². The Morgan fingerprint density at radius 1 is 0.971 bits per heavy atom. The molecule has 1 saturated carbocycles. The summed E-state index contributed by atoms with van der Waals surface area (Å²) in [4.78, 5) is 59.8. The van der Waals surface area contributed by atoms with Crippen LogP contribution in [-0.2, 0) is 26.3 Å². The van der Waals surface area contributed by atoms with Crippen molar-refractivity contribution in [3.8, 4) is 5.75 Å². The molecule has 15 heteroatoms. The smallest absolute Gasteiger partial charge is 0.255 e. The van der Waals surface area contributed by atoms with Crippen LogP contribution in [0, 0.1) is 11.2 Å². The Labute approximate surface area is 413 Å². The minimum Gasteiger partial charge on any atom is -0.494 e. The number of hydrogen-bond donors (Lipinski definition) is 4. The summed E-state index contributed by atoms with van der Waals surface area (Å²) < 4.78 is 22.5. The maximum atomic E-state index is 16.4. The second-order valence-corrected chi connectivity index (χ2v) is 22.7. The van der Waals surface area contributed by atoms with Crippen LogP contribution in [0.2, 0.25) is 10.0 Å². The number of carbonyl (C=O) groups excluding carboxylic acids is 4. The molecular formula is C54H60Cl2FN7O5. The van der Waals surface area contributed by atoms with Crippen LogP contribution in [0.15, 0.2) is 72.8 Å². The van der Waals surface area contributed by atoms with Gasteiger partial charge in [0.25, 0.3) is 5.91 Å². The van der Waals surface area contributed by atoms with Gasteiger partial charge in [0.1, 0.15) is 17.6 Å². The Morgan fingerprint density at radius 3 is 2.52 bits per heavy atom. The standard InChI is InChI=1S/C54H60Cl2FN7O5/c1-52(2,3)25-44-54(29-58-41-21-31(55)13-15-38(41)54)46(36-11-8-12-39(56)47(36)57)48(60-44)50(67)59-40-16-14-32(22-43(40)69-4)64-20-6-5-19-53(64)23-33(24-53)62-26-30(27-62)34-9-7-10-35-37(34)28-63(51(35)68)42-17-18-45(65)61-49(42)66/h7-16,21-22,30,33,42,44,46,48,58,60H,5-6,17-20,23-29H2,1-4H3,(H,59,67)(H,61,65,66)/t33?,42?,44-,46-,48+,53?,54-/m0/s1. The Balaban J connectivity index is 0.803. The molecule has 362 valence electrons. The van der Waals surface area contributed by atoms with Gasteiger partial charge in [-0.25, -0.2) is 4.39 Å². The number of amides is 4. The molecule has 4 aromatic carbocycles. The number of hydrogen-bond acceptors (Lipinski definition) is 9. The van der Waals surface area contributed by atoms with Crippen LogP contribution in [0.1, 0.15) is 117 Å². The van der Waals surface area contributed by atoms with Crippen molar-refractivity contribution in [3.05, 3.63) is 116 Å². The van der Waals surface area contributed by atoms with Crippen molar-refractivity contribution in [1.29, 1.82) is 0 Å². The number of methoxy groups -OCH3 is 1. The van der Waals surface area contributed by atoms with Crippen molar-refractivity contribution in [3.63, 3.8) is 0 Å². The van der Waals surface area contributed by atoms with Gasteiger partial charge in [-0.1, -0.05) is 74.3 Å². The number of rotatable bonds is 9. The van der Waals surface area contributed by atoms with Gasteiger partial charge in [-0.15, -0.1) is 0 Å². The molecule has 4 saturated heterocycles. The molecule has 4 aromatic rings. The Morgan fingerprint density at radius 2 is 1.75 bits per heavy atom. The van der Waals surface area contributed by atoms with Gasteiger partial charge in [0.05, 0.1) is 23.9 Å². The van der Waals surface area contributed by atoms with Crippen LogP contribution in [0.3, 0.4) is 0 Å². The van der Waals surface area contributed by atoms with Gasteiger partial charge in [-0.3, -0.25) is 29.4 Å². The minimum absolute atomic E-state index is 0.0124. The molecule has 5 fully saturated rings. The number of carbonyl (C=O) groups is 4. The van der Waals surface area contributed by atoms with Gasteiger partial charge in [0.15, 0.2) is 0 Å². The third-order valence-corrected chi connectivity index (χ3v) is 17.2. The zero-order valence-electron chi connectivity index (χ0n) is 39.6. The quantitative estimate of drug-likeness (QED) is 0.122. The number of imide groups is 1. The monoisotopic (exact) mass is 975 g/mol. The number of nitrogens with zero attached hydrogens (tertiary/aromatic N) is 3. The summed E-state index contributed by atoms with van der Waals surface area (Å²) >= 11 is 13.0. The van der Waals surface area contributed by atoms with Crippen LogP contribution in [0.25, 0.3) is 0 Å². The molecule has 6 heterocycles. The highest BCUT2D eigenvalue weighted by Crippen LogP contribution is 2.57. The molecule has 12 nitrogen and oxygen atoms in total. The maximum absolute atomic E-state index is 16.4. The lowest BCUT2D eigenvalue weighted by Crippen LogP contribution is -2.68. The van der Waals surface area contributed by atoms with Crippen LogP contribution >= 0.6 is 23.2 Å². The summed E-state index contributed by atoms with van der Waals surface area (Å²) in [5.74, 6) is -1.39. The Hall–Kier alpha value is -5.21. The molecule has 7 aliphatic rings. The summed E-state index contributed by atoms with van der Waals surface area (Å²) in [7, 11) is 1.63. The minimum atomic E-state index is -0.825. The summed E-state index contributed by atoms with van der Waals surface area (Å²) in [6, 6.07) is 21.7. The van der Waals surface area contributed by atoms with E-state index in [4.69, 9.17) is 27.9 Å². The number of piperidine rings is 2. The van der Waals surface area contributed by atoms with E-state index >= 15 is 4.39 Å². The number of halogens is 3. The van der Waals surface area contributed by atoms with E-state index in [0.717, 1.165) is 74.2 Å². The zero-order valence-corrected chi connectivity index (χ0v) is 41.1. The van der Waals surface area contributed by atoms with E-state index in [1.54, 1.807) is 30.2 Å². The van der Waals surface area contributed by atoms with Gasteiger partial charge in [0, 0.05) is 102 Å². The second-order valence-electron chi connectivity index (χ2n) is 21.9. The van der Waals surface area contributed by atoms with Crippen LogP contribution in [0.4, 0.5) is 21.5 Å². The molecule has 11 rings (SSSR count). The second kappa shape index (κ2) is 17.3. The molecular weight excluding hydrogens is 917 g/mol. The van der Waals surface area contributed by atoms with Gasteiger partial charge in [0.2, 0.25) is 17.7 Å². The van der Waals surface area contributed by atoms with Crippen LogP contribution in [-0.4, -0.2) is 96.4 Å². The molecule has 4 amide bonds. The Bertz CT molecular complexity index is 2770. The van der Waals surface area contributed by atoms with Gasteiger partial charge in [-0.2, -0.15) is 0 Å². The first kappa shape index (κ1) is 46.2. The summed E-state index contributed by atoms with van der Waals surface area (Å²) in [6.45, 7) is 10.2. The normalized spacial score (nSPS) is 28.9. The van der Waals surface area contributed by atoms with E-state index in [1.807, 2.05) is 42.5 Å². The summed E-state index contributed by atoms with van der Waals surface area (Å²) in [5.41, 5.74) is 5.92. The van der Waals surface area contributed by atoms with Gasteiger partial charge in [-0.05, 0) is 109 Å². The lowest BCUT2D eigenvalue weighted by Gasteiger charge is -2.62. The number of ether oxygens (including phenoxy) is 1. The van der Waals surface area contributed by atoms with Crippen molar-refractivity contribution >= 4 is 63.9 Å². The first-order chi connectivity index (χ1) is 33.1. The van der Waals surface area contributed by atoms with E-state index in [0.29, 0.717) is 59.1 Å². The summed E-state index contributed by atoms with van der Waals surface area (Å²) in [5, 5.41) is 13.6. The predicted octanol–water partition coefficient (Wildman–Crippen LogP) is 8.76. The lowest BCUT2D eigenvalue weighted by molar-refractivity contribution is -0.137. The first-order valence-electron chi connectivity index (χ1n) is 24.6. The average molecular weight is 977 g/mol. The van der Waals surface area contributed by atoms with E-state index in [9.17, 15) is 19.2 Å². The van der Waals surface area contributed by atoms with Crippen molar-refractivity contribution < 1.29 is 28.3 Å². The average Bonchev–Trinajstić information content (AvgIpc) is 3.94. The number of anilines is 3. The molecule has 4 N–H and O–H groups in total. The van der Waals surface area contributed by atoms with Crippen LogP contribution < -0.4 is 30.9 Å². The number of benzene rings is 4. The molecule has 6 aliphatic heterocycles. The highest BCUT2D eigenvalue weighted by molar-refractivity contribution is 6.31. The topological polar surface area (TPSA) is 135 Å². The molecule has 1 unspecified atom stereocenters. The SMILES string of the molecule is COc1cc(N2CCCCC23CC(N2CC(c4cccc5c4CN(C4CCC(=O)NC4=O)C5=O)C2)C3)ccc1NC(=O)[C@@H]1N[C@@H](CC(C)(C)C)[C@@]2(CNc3cc(Cl)ccc32)[C@H]1c1cccc(Cl)c1F. The number of nitrogens with one attached hydrogen (secondary N) is 4. The zero-order chi connectivity index (χ0) is 48.1. The molecule has 0 radical (unpaired) electrons. The number of likely N-dealkylation sites (tertiary alicyclic amines) is 1. The Kier molecular flexibility index (Phi) is 11.6. The first-order valence-corrected chi connectivity index (χ1v) is 25.3. The van der Waals surface area contributed by atoms with Crippen LogP contribution in [0.5, 0.6) is 5.75 Å². The molecule has 5 atom stereocenters. The van der Waals surface area contributed by atoms with Gasteiger partial charge < -0.3 is 30.5 Å². The van der Waals surface area contributed by atoms with Crippen molar-refractivity contribution in [2.24, 2.45) is 5.41 Å². The fraction of sp³-hybridized carbons (Fsp3) is 0.481. The molecule has 0 aromatic heterocycles. The fourth-order valence-electron chi connectivity index (χ4n) is 13.4. The van der Waals surface area contributed by atoms with E-state index in [1.165, 1.54) is 12.0 Å². The van der Waals surface area contributed by atoms with Crippen molar-refractivity contribution in [2.75, 3.05) is 48.8 Å². The highest BCUT2D eigenvalue weighted by Gasteiger charge is 2.62. The van der Waals surface area contributed by atoms with E-state index in [-0.39, 0.29) is 46.2 Å². The molecule has 0 bridgehead atoms. The van der Waals surface area contributed by atoms with E-state index in [2.05, 4.69) is 64.0 Å².